The van der Waals surface area contributed by atoms with Crippen LogP contribution in [0.5, 0.6) is 0 Å². The van der Waals surface area contributed by atoms with Gasteiger partial charge in [0.25, 0.3) is 0 Å². The first-order valence-corrected chi connectivity index (χ1v) is 6.29. The minimum absolute atomic E-state index is 0.709. The topological polar surface area (TPSA) is 42.2 Å². The molecule has 92 valence electrons. The zero-order chi connectivity index (χ0) is 12.3. The Balaban J connectivity index is 2.18. The van der Waals surface area contributed by atoms with Crippen LogP contribution in [0.3, 0.4) is 0 Å². The number of aromatic nitrogens is 3. The van der Waals surface area contributed by atoms with Crippen LogP contribution < -0.4 is 5.32 Å². The third-order valence-corrected chi connectivity index (χ3v) is 3.22. The summed E-state index contributed by atoms with van der Waals surface area (Å²) in [7, 11) is 0. The van der Waals surface area contributed by atoms with Crippen molar-refractivity contribution in [2.75, 3.05) is 11.9 Å². The maximum absolute atomic E-state index is 4.39. The number of hydrogen-bond donors (Lipinski definition) is 1. The van der Waals surface area contributed by atoms with Crippen molar-refractivity contribution in [2.45, 2.75) is 33.6 Å². The van der Waals surface area contributed by atoms with Crippen LogP contribution in [-0.2, 0) is 0 Å². The number of nitrogens with one attached hydrogen (secondary N) is 1. The average molecular weight is 232 g/mol. The Kier molecular flexibility index (Phi) is 3.61. The molecule has 0 fully saturated rings. The van der Waals surface area contributed by atoms with E-state index >= 15 is 0 Å². The van der Waals surface area contributed by atoms with E-state index in [0.29, 0.717) is 5.92 Å². The molecule has 0 unspecified atom stereocenters. The summed E-state index contributed by atoms with van der Waals surface area (Å²) in [5, 5.41) is 7.81. The largest absolute Gasteiger partial charge is 0.368 e. The second-order valence-electron chi connectivity index (χ2n) is 4.45. The van der Waals surface area contributed by atoms with Gasteiger partial charge in [0.05, 0.1) is 5.69 Å². The molecule has 0 bridgehead atoms. The molecule has 2 rings (SSSR count). The lowest BCUT2D eigenvalue weighted by Gasteiger charge is -2.14. The lowest BCUT2D eigenvalue weighted by molar-refractivity contribution is 0.518. The molecule has 0 aliphatic rings. The monoisotopic (exact) mass is 232 g/mol. The second kappa shape index (κ2) is 5.17. The molecule has 2 aromatic heterocycles. The molecule has 0 saturated heterocycles. The molecule has 0 aliphatic carbocycles. The van der Waals surface area contributed by atoms with E-state index in [1.165, 1.54) is 12.8 Å². The van der Waals surface area contributed by atoms with Gasteiger partial charge in [-0.2, -0.15) is 5.10 Å². The fourth-order valence-electron chi connectivity index (χ4n) is 2.00. The Morgan fingerprint density at radius 2 is 2.12 bits per heavy atom. The molecule has 0 radical (unpaired) electrons. The van der Waals surface area contributed by atoms with Crippen molar-refractivity contribution in [3.05, 3.63) is 24.2 Å². The molecule has 0 aliphatic heterocycles. The smallest absolute Gasteiger partial charge is 0.152 e. The third kappa shape index (κ3) is 2.57. The summed E-state index contributed by atoms with van der Waals surface area (Å²) in [4.78, 5) is 4.39. The summed E-state index contributed by atoms with van der Waals surface area (Å²) in [5.74, 6) is 1.64. The van der Waals surface area contributed by atoms with Gasteiger partial charge in [0.1, 0.15) is 5.52 Å². The van der Waals surface area contributed by atoms with Crippen LogP contribution >= 0.6 is 0 Å². The summed E-state index contributed by atoms with van der Waals surface area (Å²) < 4.78 is 1.87. The minimum Gasteiger partial charge on any atom is -0.368 e. The maximum Gasteiger partial charge on any atom is 0.152 e. The van der Waals surface area contributed by atoms with Crippen LogP contribution in [-0.4, -0.2) is 21.1 Å². The highest BCUT2D eigenvalue weighted by atomic mass is 15.2. The molecular formula is C13H20N4. The van der Waals surface area contributed by atoms with Gasteiger partial charge in [-0.05, 0) is 18.9 Å². The molecule has 0 aromatic carbocycles. The van der Waals surface area contributed by atoms with E-state index < -0.39 is 0 Å². The van der Waals surface area contributed by atoms with Crippen LogP contribution in [0.25, 0.3) is 5.52 Å². The first kappa shape index (κ1) is 11.9. The molecule has 2 aromatic rings. The first-order valence-electron chi connectivity index (χ1n) is 6.29. The molecule has 0 saturated carbocycles. The van der Waals surface area contributed by atoms with Crippen molar-refractivity contribution < 1.29 is 0 Å². The van der Waals surface area contributed by atoms with E-state index in [0.717, 1.165) is 23.6 Å². The van der Waals surface area contributed by atoms with Gasteiger partial charge in [-0.3, -0.25) is 0 Å². The van der Waals surface area contributed by atoms with Gasteiger partial charge in [-0.15, -0.1) is 0 Å². The van der Waals surface area contributed by atoms with Crippen molar-refractivity contribution in [2.24, 2.45) is 5.92 Å². The van der Waals surface area contributed by atoms with E-state index in [4.69, 9.17) is 0 Å². The van der Waals surface area contributed by atoms with Crippen molar-refractivity contribution in [1.82, 2.24) is 14.6 Å². The maximum atomic E-state index is 4.39. The van der Waals surface area contributed by atoms with E-state index in [2.05, 4.69) is 35.3 Å². The molecule has 4 nitrogen and oxygen atoms in total. The molecular weight excluding hydrogens is 212 g/mol. The standard InChI is InChI=1S/C13H20N4/c1-4-11(5-2)9-15-13-12-8-10(3)16-17(12)7-6-14-13/h6-8,11H,4-5,9H2,1-3H3,(H,14,15). The Labute approximate surface area is 102 Å². The Morgan fingerprint density at radius 3 is 2.82 bits per heavy atom. The van der Waals surface area contributed by atoms with Crippen molar-refractivity contribution in [1.29, 1.82) is 0 Å². The molecule has 1 N–H and O–H groups in total. The van der Waals surface area contributed by atoms with Crippen LogP contribution in [0, 0.1) is 12.8 Å². The first-order chi connectivity index (χ1) is 8.24. The number of fused-ring (bicyclic) bond motifs is 1. The SMILES string of the molecule is CCC(CC)CNc1nccn2nc(C)cc12. The molecule has 0 spiro atoms. The molecule has 4 heteroatoms. The van der Waals surface area contributed by atoms with Crippen molar-refractivity contribution >= 4 is 11.3 Å². The van der Waals surface area contributed by atoms with E-state index in [9.17, 15) is 0 Å². The number of nitrogens with zero attached hydrogens (tertiary/aromatic N) is 3. The summed E-state index contributed by atoms with van der Waals surface area (Å²) >= 11 is 0. The fraction of sp³-hybridized carbons (Fsp3) is 0.538. The second-order valence-corrected chi connectivity index (χ2v) is 4.45. The van der Waals surface area contributed by atoms with Crippen LogP contribution in [0.2, 0.25) is 0 Å². The predicted octanol–water partition coefficient (Wildman–Crippen LogP) is 2.89. The Morgan fingerprint density at radius 1 is 1.35 bits per heavy atom. The lowest BCUT2D eigenvalue weighted by Crippen LogP contribution is -2.14. The molecule has 0 amide bonds. The third-order valence-electron chi connectivity index (χ3n) is 3.22. The van der Waals surface area contributed by atoms with Gasteiger partial charge in [-0.1, -0.05) is 26.7 Å². The van der Waals surface area contributed by atoms with E-state index in [-0.39, 0.29) is 0 Å². The number of anilines is 1. The van der Waals surface area contributed by atoms with Gasteiger partial charge in [0.15, 0.2) is 5.82 Å². The average Bonchev–Trinajstić information content (AvgIpc) is 2.71. The fourth-order valence-corrected chi connectivity index (χ4v) is 2.00. The number of hydrogen-bond acceptors (Lipinski definition) is 3. The Bertz CT molecular complexity index is 485. The van der Waals surface area contributed by atoms with Crippen LogP contribution in [0.1, 0.15) is 32.4 Å². The summed E-state index contributed by atoms with van der Waals surface area (Å²) in [6.45, 7) is 7.43. The molecule has 17 heavy (non-hydrogen) atoms. The van der Waals surface area contributed by atoms with Crippen molar-refractivity contribution in [3.8, 4) is 0 Å². The zero-order valence-corrected chi connectivity index (χ0v) is 10.8. The van der Waals surface area contributed by atoms with Crippen molar-refractivity contribution in [3.63, 3.8) is 0 Å². The summed E-state index contributed by atoms with van der Waals surface area (Å²) in [6, 6.07) is 2.06. The van der Waals surface area contributed by atoms with E-state index in [1.807, 2.05) is 17.6 Å². The van der Waals surface area contributed by atoms with E-state index in [1.54, 1.807) is 6.20 Å². The zero-order valence-electron chi connectivity index (χ0n) is 10.8. The molecule has 0 atom stereocenters. The molecule has 2 heterocycles. The highest BCUT2D eigenvalue weighted by Crippen LogP contribution is 2.16. The normalized spacial score (nSPS) is 11.3. The summed E-state index contributed by atoms with van der Waals surface area (Å²) in [6.07, 6.45) is 6.06. The minimum atomic E-state index is 0.709. The van der Waals surface area contributed by atoms with Crippen LogP contribution in [0.4, 0.5) is 5.82 Å². The van der Waals surface area contributed by atoms with Gasteiger partial charge < -0.3 is 5.32 Å². The number of rotatable bonds is 5. The quantitative estimate of drug-likeness (QED) is 0.862. The highest BCUT2D eigenvalue weighted by molar-refractivity contribution is 5.67. The van der Waals surface area contributed by atoms with Crippen LogP contribution in [0.15, 0.2) is 18.5 Å². The van der Waals surface area contributed by atoms with Gasteiger partial charge in [0.2, 0.25) is 0 Å². The number of aryl methyl sites for hydroxylation is 1. The van der Waals surface area contributed by atoms with Gasteiger partial charge in [0, 0.05) is 18.9 Å². The van der Waals surface area contributed by atoms with Gasteiger partial charge >= 0.3 is 0 Å². The lowest BCUT2D eigenvalue weighted by atomic mass is 10.0. The highest BCUT2D eigenvalue weighted by Gasteiger charge is 2.07. The Hall–Kier alpha value is -1.58. The predicted molar refractivity (Wildman–Crippen MR) is 70.3 cm³/mol. The summed E-state index contributed by atoms with van der Waals surface area (Å²) in [5.41, 5.74) is 2.07. The van der Waals surface area contributed by atoms with Gasteiger partial charge in [-0.25, -0.2) is 9.50 Å².